The van der Waals surface area contributed by atoms with E-state index in [1.165, 1.54) is 17.1 Å². The quantitative estimate of drug-likeness (QED) is 0.424. The smallest absolute Gasteiger partial charge is 0.313 e. The second-order valence-corrected chi connectivity index (χ2v) is 8.71. The summed E-state index contributed by atoms with van der Waals surface area (Å²) in [5, 5.41) is 11.8. The molecule has 11 heteroatoms. The minimum absolute atomic E-state index is 0.00225. The van der Waals surface area contributed by atoms with E-state index >= 15 is 0 Å². The molecule has 0 radical (unpaired) electrons. The van der Waals surface area contributed by atoms with E-state index in [-0.39, 0.29) is 12.6 Å². The van der Waals surface area contributed by atoms with Crippen molar-refractivity contribution in [3.8, 4) is 22.6 Å². The van der Waals surface area contributed by atoms with Crippen LogP contribution in [0.1, 0.15) is 30.7 Å². The van der Waals surface area contributed by atoms with Gasteiger partial charge < -0.3 is 14.4 Å². The molecular formula is C24H27FN6O4. The Labute approximate surface area is 202 Å². The van der Waals surface area contributed by atoms with E-state index in [1.807, 2.05) is 19.0 Å². The van der Waals surface area contributed by atoms with Crippen molar-refractivity contribution < 1.29 is 23.5 Å². The Balaban J connectivity index is 1.36. The lowest BCUT2D eigenvalue weighted by Gasteiger charge is -2.11. The molecule has 0 bridgehead atoms. The van der Waals surface area contributed by atoms with E-state index in [4.69, 9.17) is 9.47 Å². The Bertz CT molecular complexity index is 1200. The Morgan fingerprint density at radius 1 is 1.29 bits per heavy atom. The van der Waals surface area contributed by atoms with Crippen molar-refractivity contribution in [1.82, 2.24) is 30.1 Å². The molecule has 10 nitrogen and oxygen atoms in total. The van der Waals surface area contributed by atoms with Gasteiger partial charge in [0, 0.05) is 30.2 Å². The summed E-state index contributed by atoms with van der Waals surface area (Å²) >= 11 is 0. The predicted molar refractivity (Wildman–Crippen MR) is 123 cm³/mol. The van der Waals surface area contributed by atoms with Gasteiger partial charge in [0.15, 0.2) is 0 Å². The van der Waals surface area contributed by atoms with Crippen LogP contribution in [0.5, 0.6) is 0 Å². The molecule has 3 heterocycles. The van der Waals surface area contributed by atoms with Crippen LogP contribution in [0, 0.1) is 5.82 Å². The van der Waals surface area contributed by atoms with Crippen molar-refractivity contribution in [1.29, 1.82) is 0 Å². The molecule has 3 aromatic rings. The molecule has 1 fully saturated rings. The zero-order chi connectivity index (χ0) is 24.9. The third-order valence-electron chi connectivity index (χ3n) is 5.69. The summed E-state index contributed by atoms with van der Waals surface area (Å²) in [4.78, 5) is 31.9. The summed E-state index contributed by atoms with van der Waals surface area (Å²) < 4.78 is 25.6. The maximum absolute atomic E-state index is 15.0. The van der Waals surface area contributed by atoms with Crippen molar-refractivity contribution in [2.75, 3.05) is 27.2 Å². The van der Waals surface area contributed by atoms with Crippen molar-refractivity contribution in [2.45, 2.75) is 31.3 Å². The zero-order valence-corrected chi connectivity index (χ0v) is 19.8. The topological polar surface area (TPSA) is 112 Å². The highest BCUT2D eigenvalue weighted by molar-refractivity contribution is 5.81. The van der Waals surface area contributed by atoms with Crippen molar-refractivity contribution in [3.05, 3.63) is 47.9 Å². The fourth-order valence-corrected chi connectivity index (χ4v) is 3.88. The first-order valence-electron chi connectivity index (χ1n) is 11.3. The number of carbonyl (C=O) groups is 2. The van der Waals surface area contributed by atoms with Gasteiger partial charge in [-0.05, 0) is 50.0 Å². The monoisotopic (exact) mass is 482 g/mol. The summed E-state index contributed by atoms with van der Waals surface area (Å²) in [6.07, 6.45) is 2.32. The van der Waals surface area contributed by atoms with Gasteiger partial charge in [0.05, 0.1) is 13.0 Å². The number of rotatable bonds is 9. The maximum Gasteiger partial charge on any atom is 0.313 e. The molecule has 0 aliphatic carbocycles. The highest BCUT2D eigenvalue weighted by Gasteiger charge is 2.36. The molecule has 0 saturated carbocycles. The number of tetrazole rings is 1. The SMILES string of the molecule is CN(C)CCCC(=O)OC[C@H]1CC(c2ccc(-c3ccc(-c4nnn(C)n4)nc3)c(F)c2)C(=O)O1. The average Bonchev–Trinajstić information content (AvgIpc) is 3.43. The van der Waals surface area contributed by atoms with E-state index < -0.39 is 23.8 Å². The van der Waals surface area contributed by atoms with E-state index in [2.05, 4.69) is 20.4 Å². The van der Waals surface area contributed by atoms with Crippen molar-refractivity contribution in [2.24, 2.45) is 7.05 Å². The summed E-state index contributed by atoms with van der Waals surface area (Å²) in [6.45, 7) is 0.790. The van der Waals surface area contributed by atoms with Gasteiger partial charge in [-0.15, -0.1) is 10.2 Å². The predicted octanol–water partition coefficient (Wildman–Crippen LogP) is 2.36. The highest BCUT2D eigenvalue weighted by atomic mass is 19.1. The zero-order valence-electron chi connectivity index (χ0n) is 19.8. The van der Waals surface area contributed by atoms with Gasteiger partial charge in [-0.3, -0.25) is 14.6 Å². The maximum atomic E-state index is 15.0. The molecule has 2 aromatic heterocycles. The van der Waals surface area contributed by atoms with Gasteiger partial charge in [0.2, 0.25) is 5.82 Å². The molecule has 1 saturated heterocycles. The Morgan fingerprint density at radius 3 is 2.77 bits per heavy atom. The van der Waals surface area contributed by atoms with Gasteiger partial charge in [-0.2, -0.15) is 4.80 Å². The van der Waals surface area contributed by atoms with E-state index in [9.17, 15) is 14.0 Å². The van der Waals surface area contributed by atoms with Crippen LogP contribution in [0.2, 0.25) is 0 Å². The average molecular weight is 483 g/mol. The van der Waals surface area contributed by atoms with E-state index in [0.29, 0.717) is 47.5 Å². The van der Waals surface area contributed by atoms with Gasteiger partial charge in [0.1, 0.15) is 24.2 Å². The number of carbonyl (C=O) groups excluding carboxylic acids is 2. The first-order valence-corrected chi connectivity index (χ1v) is 11.3. The number of hydrogen-bond acceptors (Lipinski definition) is 9. The summed E-state index contributed by atoms with van der Waals surface area (Å²) in [5.74, 6) is -1.48. The van der Waals surface area contributed by atoms with Crippen LogP contribution >= 0.6 is 0 Å². The number of hydrogen-bond donors (Lipinski definition) is 0. The Hall–Kier alpha value is -3.73. The number of aryl methyl sites for hydroxylation is 1. The van der Waals surface area contributed by atoms with E-state index in [0.717, 1.165) is 6.54 Å². The first kappa shape index (κ1) is 24.4. The third-order valence-corrected chi connectivity index (χ3v) is 5.69. The van der Waals surface area contributed by atoms with E-state index in [1.54, 1.807) is 31.3 Å². The number of pyridine rings is 1. The fourth-order valence-electron chi connectivity index (χ4n) is 3.88. The second-order valence-electron chi connectivity index (χ2n) is 8.71. The molecule has 0 N–H and O–H groups in total. The molecule has 0 amide bonds. The van der Waals surface area contributed by atoms with Crippen LogP contribution in [0.3, 0.4) is 0 Å². The lowest BCUT2D eigenvalue weighted by molar-refractivity contribution is -0.153. The van der Waals surface area contributed by atoms with Crippen molar-refractivity contribution >= 4 is 11.9 Å². The fraction of sp³-hybridized carbons (Fsp3) is 0.417. The molecule has 184 valence electrons. The highest BCUT2D eigenvalue weighted by Crippen LogP contribution is 2.33. The number of benzene rings is 1. The molecule has 1 unspecified atom stereocenters. The Kier molecular flexibility index (Phi) is 7.45. The molecule has 1 aromatic carbocycles. The second kappa shape index (κ2) is 10.7. The summed E-state index contributed by atoms with van der Waals surface area (Å²) in [5.41, 5.74) is 1.98. The van der Waals surface area contributed by atoms with Crippen molar-refractivity contribution in [3.63, 3.8) is 0 Å². The summed E-state index contributed by atoms with van der Waals surface area (Å²) in [7, 11) is 5.53. The van der Waals surface area contributed by atoms with Crippen LogP contribution in [0.4, 0.5) is 4.39 Å². The van der Waals surface area contributed by atoms with Crippen LogP contribution in [-0.4, -0.2) is 75.4 Å². The molecule has 35 heavy (non-hydrogen) atoms. The minimum Gasteiger partial charge on any atom is -0.462 e. The number of cyclic esters (lactones) is 1. The van der Waals surface area contributed by atoms with Crippen LogP contribution in [-0.2, 0) is 26.1 Å². The third kappa shape index (κ3) is 6.04. The minimum atomic E-state index is -0.612. The van der Waals surface area contributed by atoms with Gasteiger partial charge in [-0.25, -0.2) is 4.39 Å². The molecule has 1 aliphatic rings. The lowest BCUT2D eigenvalue weighted by atomic mass is 9.93. The first-order chi connectivity index (χ1) is 16.8. The molecule has 0 spiro atoms. The van der Waals surface area contributed by atoms with Gasteiger partial charge >= 0.3 is 11.9 Å². The van der Waals surface area contributed by atoms with Gasteiger partial charge in [-0.1, -0.05) is 18.2 Å². The largest absolute Gasteiger partial charge is 0.462 e. The normalized spacial score (nSPS) is 17.6. The number of ether oxygens (including phenoxy) is 2. The summed E-state index contributed by atoms with van der Waals surface area (Å²) in [6, 6.07) is 8.09. The number of nitrogens with zero attached hydrogens (tertiary/aromatic N) is 6. The number of halogens is 1. The molecule has 4 rings (SSSR count). The van der Waals surface area contributed by atoms with Crippen LogP contribution in [0.25, 0.3) is 22.6 Å². The van der Waals surface area contributed by atoms with Crippen LogP contribution in [0.15, 0.2) is 36.5 Å². The standard InChI is InChI=1S/C24H27FN6O4/c1-30(2)10-4-5-22(32)34-14-17-12-19(24(33)35-17)15-6-8-18(20(25)11-15)16-7-9-21(26-13-16)23-27-29-31(3)28-23/h6-9,11,13,17,19H,4-5,10,12,14H2,1-3H3/t17-,19?/m1/s1. The molecule has 2 atom stereocenters. The Morgan fingerprint density at radius 2 is 2.11 bits per heavy atom. The molecular weight excluding hydrogens is 455 g/mol. The van der Waals surface area contributed by atoms with Gasteiger partial charge in [0.25, 0.3) is 0 Å². The van der Waals surface area contributed by atoms with Crippen LogP contribution < -0.4 is 0 Å². The number of aromatic nitrogens is 5. The molecule has 1 aliphatic heterocycles. The lowest BCUT2D eigenvalue weighted by Crippen LogP contribution is -2.19. The number of esters is 2.